The van der Waals surface area contributed by atoms with Crippen LogP contribution in [0.3, 0.4) is 0 Å². The van der Waals surface area contributed by atoms with Gasteiger partial charge >= 0.3 is 6.18 Å². The van der Waals surface area contributed by atoms with Gasteiger partial charge in [-0.05, 0) is 53.9 Å². The summed E-state index contributed by atoms with van der Waals surface area (Å²) < 4.78 is 50.8. The summed E-state index contributed by atoms with van der Waals surface area (Å²) in [5.41, 5.74) is 1.73. The number of nitrogens with one attached hydrogen (secondary N) is 1. The molecule has 0 bridgehead atoms. The van der Waals surface area contributed by atoms with Crippen LogP contribution in [0.4, 0.5) is 13.2 Å². The molecule has 0 aliphatic carbocycles. The summed E-state index contributed by atoms with van der Waals surface area (Å²) in [4.78, 5) is 22.7. The summed E-state index contributed by atoms with van der Waals surface area (Å²) in [6.07, 6.45) is 0.117. The molecule has 4 aromatic rings. The molecule has 10 heteroatoms. The highest BCUT2D eigenvalue weighted by Crippen LogP contribution is 2.30. The predicted octanol–water partition coefficient (Wildman–Crippen LogP) is 5.62. The van der Waals surface area contributed by atoms with E-state index in [0.717, 1.165) is 29.0 Å². The molecule has 0 atom stereocenters. The number of hydrogen-bond donors (Lipinski definition) is 1. The Hall–Kier alpha value is -4.18. The van der Waals surface area contributed by atoms with Crippen molar-refractivity contribution < 1.29 is 27.1 Å². The van der Waals surface area contributed by atoms with Crippen molar-refractivity contribution in [3.63, 3.8) is 0 Å². The summed E-state index contributed by atoms with van der Waals surface area (Å²) >= 11 is 0. The molecule has 7 nitrogen and oxygen atoms in total. The first kappa shape index (κ1) is 26.9. The zero-order chi connectivity index (χ0) is 27.0. The standard InChI is InChI=1S/C28H27F3N4O3/c1-2-37-24-8-6-21(7-9-24)16-35(17-22-4-3-5-23(14-22)28(29,30)31)18-26-34-25(19-38-26)27(36)33-15-20-10-12-32-13-11-20/h3-14,19H,2,15-18H2,1H3,(H,33,36). The number of rotatable bonds is 11. The zero-order valence-electron chi connectivity index (χ0n) is 20.7. The Bertz CT molecular complexity index is 1330. The van der Waals surface area contributed by atoms with Gasteiger partial charge in [0.05, 0.1) is 18.7 Å². The minimum atomic E-state index is -4.43. The number of pyridine rings is 1. The van der Waals surface area contributed by atoms with Crippen molar-refractivity contribution in [2.24, 2.45) is 0 Å². The fourth-order valence-corrected chi connectivity index (χ4v) is 3.84. The Balaban J connectivity index is 1.48. The molecule has 2 heterocycles. The van der Waals surface area contributed by atoms with Gasteiger partial charge in [-0.15, -0.1) is 0 Å². The monoisotopic (exact) mass is 524 g/mol. The molecule has 0 saturated heterocycles. The molecule has 1 N–H and O–H groups in total. The second-order valence-electron chi connectivity index (χ2n) is 8.58. The molecule has 4 rings (SSSR count). The van der Waals surface area contributed by atoms with E-state index in [9.17, 15) is 18.0 Å². The molecule has 38 heavy (non-hydrogen) atoms. The van der Waals surface area contributed by atoms with E-state index in [1.165, 1.54) is 12.3 Å². The average molecular weight is 525 g/mol. The molecule has 2 aromatic carbocycles. The molecule has 0 unspecified atom stereocenters. The fourth-order valence-electron chi connectivity index (χ4n) is 3.84. The third kappa shape index (κ3) is 7.66. The molecule has 0 saturated carbocycles. The van der Waals surface area contributed by atoms with Crippen molar-refractivity contribution in [3.05, 3.63) is 113 Å². The van der Waals surface area contributed by atoms with Crippen molar-refractivity contribution >= 4 is 5.91 Å². The number of hydrogen-bond acceptors (Lipinski definition) is 6. The largest absolute Gasteiger partial charge is 0.494 e. The highest BCUT2D eigenvalue weighted by atomic mass is 19.4. The van der Waals surface area contributed by atoms with Crippen LogP contribution in [0, 0.1) is 0 Å². The quantitative estimate of drug-likeness (QED) is 0.274. The third-order valence-corrected chi connectivity index (χ3v) is 5.65. The second kappa shape index (κ2) is 12.4. The molecule has 198 valence electrons. The van der Waals surface area contributed by atoms with Crippen LogP contribution in [0.25, 0.3) is 0 Å². The van der Waals surface area contributed by atoms with Gasteiger partial charge < -0.3 is 14.5 Å². The maximum atomic E-state index is 13.3. The van der Waals surface area contributed by atoms with Crippen molar-refractivity contribution in [2.45, 2.75) is 39.3 Å². The van der Waals surface area contributed by atoms with E-state index in [2.05, 4.69) is 15.3 Å². The summed E-state index contributed by atoms with van der Waals surface area (Å²) in [5, 5.41) is 2.78. The van der Waals surface area contributed by atoms with E-state index in [4.69, 9.17) is 9.15 Å². The number of amides is 1. The first-order valence-corrected chi connectivity index (χ1v) is 12.0. The van der Waals surface area contributed by atoms with E-state index in [0.29, 0.717) is 25.3 Å². The van der Waals surface area contributed by atoms with Crippen LogP contribution in [-0.2, 0) is 32.4 Å². The van der Waals surface area contributed by atoms with Crippen molar-refractivity contribution in [2.75, 3.05) is 6.61 Å². The fraction of sp³-hybridized carbons (Fsp3) is 0.250. The van der Waals surface area contributed by atoms with Gasteiger partial charge in [-0.25, -0.2) is 4.98 Å². The number of carbonyl (C=O) groups is 1. The maximum absolute atomic E-state index is 13.3. The Morgan fingerprint density at radius 1 is 0.974 bits per heavy atom. The number of carbonyl (C=O) groups excluding carboxylic acids is 1. The van der Waals surface area contributed by atoms with E-state index in [-0.39, 0.29) is 24.7 Å². The Kier molecular flexibility index (Phi) is 8.75. The van der Waals surface area contributed by atoms with E-state index in [1.807, 2.05) is 36.1 Å². The predicted molar refractivity (Wildman–Crippen MR) is 134 cm³/mol. The summed E-state index contributed by atoms with van der Waals surface area (Å²) in [6.45, 7) is 3.56. The zero-order valence-corrected chi connectivity index (χ0v) is 20.7. The van der Waals surface area contributed by atoms with Gasteiger partial charge in [-0.3, -0.25) is 14.7 Å². The highest BCUT2D eigenvalue weighted by molar-refractivity contribution is 5.91. The van der Waals surface area contributed by atoms with Gasteiger partial charge in [-0.1, -0.05) is 30.3 Å². The molecule has 0 fully saturated rings. The van der Waals surface area contributed by atoms with Crippen LogP contribution in [0.5, 0.6) is 5.75 Å². The van der Waals surface area contributed by atoms with Crippen LogP contribution in [-0.4, -0.2) is 27.4 Å². The number of nitrogens with zero attached hydrogens (tertiary/aromatic N) is 3. The molecule has 0 spiro atoms. The lowest BCUT2D eigenvalue weighted by Gasteiger charge is -2.22. The molecule has 0 aliphatic rings. The second-order valence-corrected chi connectivity index (χ2v) is 8.58. The van der Waals surface area contributed by atoms with Crippen LogP contribution < -0.4 is 10.1 Å². The maximum Gasteiger partial charge on any atom is 0.416 e. The van der Waals surface area contributed by atoms with Crippen molar-refractivity contribution in [1.82, 2.24) is 20.2 Å². The molecule has 1 amide bonds. The Labute approximate surface area is 218 Å². The number of benzene rings is 2. The third-order valence-electron chi connectivity index (χ3n) is 5.65. The summed E-state index contributed by atoms with van der Waals surface area (Å²) in [7, 11) is 0. The lowest BCUT2D eigenvalue weighted by Crippen LogP contribution is -2.24. The molecule has 2 aromatic heterocycles. The Morgan fingerprint density at radius 3 is 2.42 bits per heavy atom. The topological polar surface area (TPSA) is 80.5 Å². The molecular formula is C28H27F3N4O3. The van der Waals surface area contributed by atoms with Gasteiger partial charge in [0.1, 0.15) is 12.0 Å². The Morgan fingerprint density at radius 2 is 1.71 bits per heavy atom. The van der Waals surface area contributed by atoms with E-state index >= 15 is 0 Å². The number of oxazole rings is 1. The smallest absolute Gasteiger partial charge is 0.416 e. The van der Waals surface area contributed by atoms with Crippen LogP contribution >= 0.6 is 0 Å². The van der Waals surface area contributed by atoms with Gasteiger partial charge in [0.15, 0.2) is 5.69 Å². The lowest BCUT2D eigenvalue weighted by molar-refractivity contribution is -0.137. The highest BCUT2D eigenvalue weighted by Gasteiger charge is 2.30. The van der Waals surface area contributed by atoms with Gasteiger partial charge in [0.25, 0.3) is 5.91 Å². The van der Waals surface area contributed by atoms with E-state index < -0.39 is 17.6 Å². The molecular weight excluding hydrogens is 497 g/mol. The summed E-state index contributed by atoms with van der Waals surface area (Å²) in [6, 6.07) is 16.3. The number of halogens is 3. The number of ether oxygens (including phenoxy) is 1. The average Bonchev–Trinajstić information content (AvgIpc) is 3.37. The minimum Gasteiger partial charge on any atom is -0.494 e. The number of aromatic nitrogens is 2. The van der Waals surface area contributed by atoms with Gasteiger partial charge in [0.2, 0.25) is 5.89 Å². The first-order valence-electron chi connectivity index (χ1n) is 12.0. The van der Waals surface area contributed by atoms with E-state index in [1.54, 1.807) is 30.6 Å². The molecule has 0 aliphatic heterocycles. The normalized spacial score (nSPS) is 11.5. The summed E-state index contributed by atoms with van der Waals surface area (Å²) in [5.74, 6) is 0.612. The van der Waals surface area contributed by atoms with Gasteiger partial charge in [-0.2, -0.15) is 13.2 Å². The molecule has 0 radical (unpaired) electrons. The number of alkyl halides is 3. The van der Waals surface area contributed by atoms with Gasteiger partial charge in [0, 0.05) is 32.0 Å². The van der Waals surface area contributed by atoms with Crippen LogP contribution in [0.2, 0.25) is 0 Å². The first-order chi connectivity index (χ1) is 18.3. The van der Waals surface area contributed by atoms with Crippen LogP contribution in [0.1, 0.15) is 45.6 Å². The SMILES string of the molecule is CCOc1ccc(CN(Cc2cccc(C(F)(F)F)c2)Cc2nc(C(=O)NCc3ccncc3)co2)cc1. The van der Waals surface area contributed by atoms with Crippen molar-refractivity contribution in [1.29, 1.82) is 0 Å². The lowest BCUT2D eigenvalue weighted by atomic mass is 10.1. The van der Waals surface area contributed by atoms with Crippen molar-refractivity contribution in [3.8, 4) is 5.75 Å². The minimum absolute atomic E-state index is 0.120. The van der Waals surface area contributed by atoms with Crippen LogP contribution in [0.15, 0.2) is 83.7 Å².